The van der Waals surface area contributed by atoms with Crippen LogP contribution in [-0.4, -0.2) is 32.4 Å². The van der Waals surface area contributed by atoms with E-state index < -0.39 is 5.97 Å². The Labute approximate surface area is 104 Å². The molecular weight excluding hydrogens is 232 g/mol. The predicted octanol–water partition coefficient (Wildman–Crippen LogP) is 0.855. The minimum Gasteiger partial charge on any atom is -0.481 e. The summed E-state index contributed by atoms with van der Waals surface area (Å²) >= 11 is 0. The lowest BCUT2D eigenvalue weighted by Gasteiger charge is -2.28. The molecule has 0 aromatic carbocycles. The molecule has 1 aliphatic heterocycles. The van der Waals surface area contributed by atoms with Crippen molar-refractivity contribution in [1.82, 2.24) is 20.1 Å². The van der Waals surface area contributed by atoms with Gasteiger partial charge in [0.1, 0.15) is 0 Å². The van der Waals surface area contributed by atoms with Gasteiger partial charge in [0.05, 0.1) is 29.4 Å². The van der Waals surface area contributed by atoms with Gasteiger partial charge >= 0.3 is 5.97 Å². The second-order valence-electron chi connectivity index (χ2n) is 4.59. The number of carboxylic acids is 1. The molecule has 1 aliphatic rings. The largest absolute Gasteiger partial charge is 0.481 e. The number of rotatable bonds is 2. The van der Waals surface area contributed by atoms with Crippen LogP contribution in [0.5, 0.6) is 0 Å². The number of carbonyl (C=O) groups is 1. The summed E-state index contributed by atoms with van der Waals surface area (Å²) in [4.78, 5) is 11.1. The number of pyridine rings is 1. The van der Waals surface area contributed by atoms with Gasteiger partial charge in [-0.15, -0.1) is 5.10 Å². The summed E-state index contributed by atoms with van der Waals surface area (Å²) < 4.78 is 1.77. The lowest BCUT2D eigenvalue weighted by atomic mass is 9.91. The summed E-state index contributed by atoms with van der Waals surface area (Å²) in [6.45, 7) is 0.715. The lowest BCUT2D eigenvalue weighted by Crippen LogP contribution is -2.35. The lowest BCUT2D eigenvalue weighted by molar-refractivity contribution is -0.143. The van der Waals surface area contributed by atoms with Crippen molar-refractivity contribution < 1.29 is 9.90 Å². The van der Waals surface area contributed by atoms with Crippen LogP contribution in [-0.2, 0) is 4.79 Å². The summed E-state index contributed by atoms with van der Waals surface area (Å²) in [7, 11) is 0. The molecule has 2 N–H and O–H groups in total. The van der Waals surface area contributed by atoms with E-state index in [1.165, 1.54) is 0 Å². The Morgan fingerprint density at radius 2 is 2.39 bits per heavy atom. The summed E-state index contributed by atoms with van der Waals surface area (Å²) in [6, 6.07) is 5.86. The average molecular weight is 246 g/mol. The molecule has 6 nitrogen and oxygen atoms in total. The zero-order valence-electron chi connectivity index (χ0n) is 9.78. The number of hydrogen-bond donors (Lipinski definition) is 2. The van der Waals surface area contributed by atoms with Crippen LogP contribution in [0.25, 0.3) is 5.52 Å². The Kier molecular flexibility index (Phi) is 2.71. The number of fused-ring (bicyclic) bond motifs is 1. The molecule has 6 heteroatoms. The Morgan fingerprint density at radius 3 is 3.22 bits per heavy atom. The van der Waals surface area contributed by atoms with Crippen molar-refractivity contribution >= 4 is 11.5 Å². The van der Waals surface area contributed by atoms with Gasteiger partial charge in [-0.1, -0.05) is 11.3 Å². The molecule has 2 atom stereocenters. The van der Waals surface area contributed by atoms with Crippen LogP contribution >= 0.6 is 0 Å². The van der Waals surface area contributed by atoms with Crippen molar-refractivity contribution in [2.45, 2.75) is 18.9 Å². The van der Waals surface area contributed by atoms with Crippen molar-refractivity contribution in [3.8, 4) is 0 Å². The number of piperidine rings is 1. The molecule has 0 radical (unpaired) electrons. The normalized spacial score (nSPS) is 24.2. The number of nitrogens with one attached hydrogen (secondary N) is 1. The van der Waals surface area contributed by atoms with E-state index in [0.29, 0.717) is 19.4 Å². The highest BCUT2D eigenvalue weighted by atomic mass is 16.4. The molecule has 2 aromatic rings. The highest BCUT2D eigenvalue weighted by Crippen LogP contribution is 2.27. The van der Waals surface area contributed by atoms with Gasteiger partial charge in [-0.25, -0.2) is 4.52 Å². The third-order valence-corrected chi connectivity index (χ3v) is 3.46. The number of nitrogens with zero attached hydrogens (tertiary/aromatic N) is 3. The maximum Gasteiger partial charge on any atom is 0.306 e. The second-order valence-corrected chi connectivity index (χ2v) is 4.59. The van der Waals surface area contributed by atoms with Crippen LogP contribution in [0, 0.1) is 5.92 Å². The third-order valence-electron chi connectivity index (χ3n) is 3.46. The summed E-state index contributed by atoms with van der Waals surface area (Å²) in [6.07, 6.45) is 2.97. The van der Waals surface area contributed by atoms with Crippen molar-refractivity contribution in [3.05, 3.63) is 30.1 Å². The minimum absolute atomic E-state index is 0.0187. The Morgan fingerprint density at radius 1 is 1.50 bits per heavy atom. The zero-order valence-corrected chi connectivity index (χ0v) is 9.78. The van der Waals surface area contributed by atoms with Gasteiger partial charge in [0, 0.05) is 0 Å². The molecule has 1 fully saturated rings. The second kappa shape index (κ2) is 4.38. The summed E-state index contributed by atoms with van der Waals surface area (Å²) in [5.74, 6) is -0.998. The van der Waals surface area contributed by atoms with Crippen LogP contribution in [0.15, 0.2) is 24.4 Å². The van der Waals surface area contributed by atoms with E-state index in [0.717, 1.165) is 11.2 Å². The van der Waals surface area contributed by atoms with Crippen LogP contribution < -0.4 is 5.32 Å². The first-order valence-electron chi connectivity index (χ1n) is 6.01. The maximum atomic E-state index is 11.1. The highest BCUT2D eigenvalue weighted by Gasteiger charge is 2.28. The first-order valence-corrected chi connectivity index (χ1v) is 6.01. The van der Waals surface area contributed by atoms with E-state index in [-0.39, 0.29) is 12.0 Å². The van der Waals surface area contributed by atoms with Gasteiger partial charge in [-0.2, -0.15) is 0 Å². The van der Waals surface area contributed by atoms with Gasteiger partial charge in [0.25, 0.3) is 0 Å². The molecule has 1 saturated heterocycles. The Bertz CT molecular complexity index is 580. The molecule has 3 rings (SSSR count). The topological polar surface area (TPSA) is 79.5 Å². The van der Waals surface area contributed by atoms with Gasteiger partial charge in [-0.05, 0) is 31.5 Å². The fourth-order valence-electron chi connectivity index (χ4n) is 2.50. The van der Waals surface area contributed by atoms with Crippen molar-refractivity contribution in [2.75, 3.05) is 6.54 Å². The first kappa shape index (κ1) is 11.2. The molecule has 0 aliphatic carbocycles. The molecule has 2 aromatic heterocycles. The van der Waals surface area contributed by atoms with Gasteiger partial charge in [-0.3, -0.25) is 4.79 Å². The maximum absolute atomic E-state index is 11.1. The molecule has 0 spiro atoms. The van der Waals surface area contributed by atoms with E-state index in [1.54, 1.807) is 10.7 Å². The van der Waals surface area contributed by atoms with Crippen molar-refractivity contribution in [3.63, 3.8) is 0 Å². The fraction of sp³-hybridized carbons (Fsp3) is 0.417. The number of hydrogen-bond acceptors (Lipinski definition) is 4. The average Bonchev–Trinajstić information content (AvgIpc) is 2.87. The van der Waals surface area contributed by atoms with E-state index in [2.05, 4.69) is 15.6 Å². The fourth-order valence-corrected chi connectivity index (χ4v) is 2.50. The van der Waals surface area contributed by atoms with Crippen LogP contribution in [0.2, 0.25) is 0 Å². The predicted molar refractivity (Wildman–Crippen MR) is 64.1 cm³/mol. The Balaban J connectivity index is 1.94. The molecule has 94 valence electrons. The zero-order chi connectivity index (χ0) is 12.5. The third kappa shape index (κ3) is 1.84. The van der Waals surface area contributed by atoms with Crippen molar-refractivity contribution in [2.24, 2.45) is 5.92 Å². The summed E-state index contributed by atoms with van der Waals surface area (Å²) in [5.41, 5.74) is 1.89. The van der Waals surface area contributed by atoms with E-state index in [4.69, 9.17) is 5.11 Å². The van der Waals surface area contributed by atoms with E-state index >= 15 is 0 Å². The summed E-state index contributed by atoms with van der Waals surface area (Å²) in [5, 5.41) is 20.4. The molecule has 0 amide bonds. The SMILES string of the molecule is O=C(O)C1CCNC(c2cccc3cnnn23)C1. The number of aliphatic carboxylic acids is 1. The molecule has 0 saturated carbocycles. The number of aromatic nitrogens is 3. The molecule has 2 unspecified atom stereocenters. The van der Waals surface area contributed by atoms with Gasteiger partial charge in [0.15, 0.2) is 0 Å². The van der Waals surface area contributed by atoms with Crippen LogP contribution in [0.3, 0.4) is 0 Å². The standard InChI is InChI=1S/C12H14N4O2/c17-12(18)8-4-5-13-10(6-8)11-3-1-2-9-7-14-15-16(9)11/h1-3,7-8,10,13H,4-6H2,(H,17,18). The van der Waals surface area contributed by atoms with Crippen LogP contribution in [0.1, 0.15) is 24.6 Å². The smallest absolute Gasteiger partial charge is 0.306 e. The van der Waals surface area contributed by atoms with E-state index in [9.17, 15) is 4.79 Å². The monoisotopic (exact) mass is 246 g/mol. The number of carboxylic acid groups (broad SMARTS) is 1. The van der Waals surface area contributed by atoms with Gasteiger partial charge < -0.3 is 10.4 Å². The Hall–Kier alpha value is -1.95. The van der Waals surface area contributed by atoms with Crippen molar-refractivity contribution in [1.29, 1.82) is 0 Å². The highest BCUT2D eigenvalue weighted by molar-refractivity contribution is 5.70. The molecule has 3 heterocycles. The first-order chi connectivity index (χ1) is 8.75. The molecular formula is C12H14N4O2. The van der Waals surface area contributed by atoms with E-state index in [1.807, 2.05) is 18.2 Å². The molecule has 0 bridgehead atoms. The minimum atomic E-state index is -0.715. The van der Waals surface area contributed by atoms with Crippen LogP contribution in [0.4, 0.5) is 0 Å². The quantitative estimate of drug-likeness (QED) is 0.821. The molecule has 18 heavy (non-hydrogen) atoms. The van der Waals surface area contributed by atoms with Gasteiger partial charge in [0.2, 0.25) is 0 Å².